The first-order valence-corrected chi connectivity index (χ1v) is 5.12. The Morgan fingerprint density at radius 2 is 2.14 bits per heavy atom. The smallest absolute Gasteiger partial charge is 0.158 e. The number of ketones is 1. The van der Waals surface area contributed by atoms with Gasteiger partial charge in [0.25, 0.3) is 0 Å². The normalized spacial score (nSPS) is 20.4. The summed E-state index contributed by atoms with van der Waals surface area (Å²) in [6, 6.07) is 4.04. The van der Waals surface area contributed by atoms with Crippen molar-refractivity contribution in [3.63, 3.8) is 0 Å². The van der Waals surface area contributed by atoms with Gasteiger partial charge in [-0.1, -0.05) is 0 Å². The van der Waals surface area contributed by atoms with Gasteiger partial charge < -0.3 is 4.57 Å². The zero-order valence-electron chi connectivity index (χ0n) is 8.49. The van der Waals surface area contributed by atoms with E-state index in [-0.39, 0.29) is 0 Å². The lowest BCUT2D eigenvalue weighted by Gasteiger charge is -2.12. The predicted molar refractivity (Wildman–Crippen MR) is 56.9 cm³/mol. The molecule has 2 heteroatoms. The lowest BCUT2D eigenvalue weighted by molar-refractivity contribution is -0.116. The van der Waals surface area contributed by atoms with E-state index in [4.69, 9.17) is 0 Å². The summed E-state index contributed by atoms with van der Waals surface area (Å²) >= 11 is 0. The second kappa shape index (κ2) is 3.82. The Bertz CT molecular complexity index is 373. The van der Waals surface area contributed by atoms with Gasteiger partial charge >= 0.3 is 0 Å². The maximum atomic E-state index is 11.6. The van der Waals surface area contributed by atoms with E-state index in [9.17, 15) is 4.79 Å². The Labute approximate surface area is 84.2 Å². The average Bonchev–Trinajstić information content (AvgIpc) is 2.56. The molecule has 0 amide bonds. The molecule has 1 aliphatic carbocycles. The molecule has 1 fully saturated rings. The molecule has 1 aliphatic rings. The molecule has 2 nitrogen and oxygen atoms in total. The molecule has 0 bridgehead atoms. The summed E-state index contributed by atoms with van der Waals surface area (Å²) < 4.78 is 2.04. The summed E-state index contributed by atoms with van der Waals surface area (Å²) in [5.74, 6) is 0.331. The molecule has 1 aromatic heterocycles. The molecule has 0 N–H and O–H groups in total. The maximum absolute atomic E-state index is 11.6. The van der Waals surface area contributed by atoms with Crippen molar-refractivity contribution in [1.82, 2.24) is 4.57 Å². The van der Waals surface area contributed by atoms with Crippen LogP contribution in [0.2, 0.25) is 0 Å². The molecule has 0 radical (unpaired) electrons. The largest absolute Gasteiger partial charge is 0.351 e. The second-order valence-electron chi connectivity index (χ2n) is 3.84. The molecule has 0 aliphatic heterocycles. The fourth-order valence-corrected chi connectivity index (χ4v) is 1.86. The lowest BCUT2D eigenvalue weighted by atomic mass is 9.93. The Morgan fingerprint density at radius 3 is 2.79 bits per heavy atom. The minimum atomic E-state index is 0.331. The summed E-state index contributed by atoms with van der Waals surface area (Å²) in [5.41, 5.74) is 2.12. The van der Waals surface area contributed by atoms with Gasteiger partial charge in [-0.2, -0.15) is 0 Å². The third kappa shape index (κ3) is 1.79. The van der Waals surface area contributed by atoms with Crippen molar-refractivity contribution in [2.45, 2.75) is 25.7 Å². The number of Topliss-reactive ketones (excluding diaryl/α,β-unsaturated/α-hetero) is 1. The number of carbonyl (C=O) groups is 1. The summed E-state index contributed by atoms with van der Waals surface area (Å²) in [7, 11) is 2.00. The summed E-state index contributed by atoms with van der Waals surface area (Å²) in [4.78, 5) is 11.6. The minimum Gasteiger partial charge on any atom is -0.351 e. The van der Waals surface area contributed by atoms with Gasteiger partial charge in [0.05, 0.1) is 0 Å². The fraction of sp³-hybridized carbons (Fsp3) is 0.417. The van der Waals surface area contributed by atoms with Crippen LogP contribution >= 0.6 is 0 Å². The molecular formula is C12H15NO. The van der Waals surface area contributed by atoms with Gasteiger partial charge in [-0.3, -0.25) is 4.79 Å². The van der Waals surface area contributed by atoms with E-state index in [0.717, 1.165) is 37.0 Å². The first-order valence-electron chi connectivity index (χ1n) is 5.12. The molecule has 0 aromatic carbocycles. The highest BCUT2D eigenvalue weighted by atomic mass is 16.1. The number of hydrogen-bond donors (Lipinski definition) is 0. The van der Waals surface area contributed by atoms with E-state index >= 15 is 0 Å². The van der Waals surface area contributed by atoms with Crippen molar-refractivity contribution in [3.05, 3.63) is 29.6 Å². The van der Waals surface area contributed by atoms with Crippen molar-refractivity contribution in [3.8, 4) is 0 Å². The number of nitrogens with zero attached hydrogens (tertiary/aromatic N) is 1. The molecule has 0 atom stereocenters. The summed E-state index contributed by atoms with van der Waals surface area (Å²) in [6.07, 6.45) is 7.92. The average molecular weight is 189 g/mol. The number of aryl methyl sites for hydroxylation is 1. The van der Waals surface area contributed by atoms with Crippen LogP contribution in [0.15, 0.2) is 23.9 Å². The van der Waals surface area contributed by atoms with Crippen molar-refractivity contribution in [1.29, 1.82) is 0 Å². The number of aromatic nitrogens is 1. The summed E-state index contributed by atoms with van der Waals surface area (Å²) in [5, 5.41) is 0. The molecule has 2 rings (SSSR count). The Balaban J connectivity index is 2.25. The van der Waals surface area contributed by atoms with Crippen LogP contribution in [-0.2, 0) is 11.8 Å². The van der Waals surface area contributed by atoms with E-state index in [0.29, 0.717) is 5.78 Å². The van der Waals surface area contributed by atoms with E-state index in [1.807, 2.05) is 36.0 Å². The van der Waals surface area contributed by atoms with E-state index in [2.05, 4.69) is 0 Å². The third-order valence-electron chi connectivity index (χ3n) is 2.76. The van der Waals surface area contributed by atoms with Gasteiger partial charge in [0.2, 0.25) is 0 Å². The first-order chi connectivity index (χ1) is 6.77. The van der Waals surface area contributed by atoms with Crippen molar-refractivity contribution in [2.24, 2.45) is 7.05 Å². The molecule has 14 heavy (non-hydrogen) atoms. The maximum Gasteiger partial charge on any atom is 0.158 e. The molecule has 1 saturated carbocycles. The van der Waals surface area contributed by atoms with Gasteiger partial charge in [-0.05, 0) is 43.0 Å². The summed E-state index contributed by atoms with van der Waals surface area (Å²) in [6.45, 7) is 0. The Hall–Kier alpha value is -1.31. The van der Waals surface area contributed by atoms with Crippen LogP contribution in [0.3, 0.4) is 0 Å². The number of rotatable bonds is 1. The molecule has 1 aromatic rings. The van der Waals surface area contributed by atoms with Crippen molar-refractivity contribution < 1.29 is 4.79 Å². The van der Waals surface area contributed by atoms with Crippen molar-refractivity contribution >= 4 is 11.9 Å². The van der Waals surface area contributed by atoms with Crippen LogP contribution < -0.4 is 0 Å². The molecule has 0 spiro atoms. The highest BCUT2D eigenvalue weighted by Crippen LogP contribution is 2.21. The van der Waals surface area contributed by atoms with E-state index in [1.165, 1.54) is 0 Å². The van der Waals surface area contributed by atoms with Gasteiger partial charge in [0.15, 0.2) is 5.78 Å². The van der Waals surface area contributed by atoms with Gasteiger partial charge in [-0.15, -0.1) is 0 Å². The highest BCUT2D eigenvalue weighted by Gasteiger charge is 2.14. The monoisotopic (exact) mass is 189 g/mol. The van der Waals surface area contributed by atoms with Gasteiger partial charge in [0, 0.05) is 25.4 Å². The topological polar surface area (TPSA) is 22.0 Å². The third-order valence-corrected chi connectivity index (χ3v) is 2.76. The quantitative estimate of drug-likeness (QED) is 0.622. The van der Waals surface area contributed by atoms with E-state index < -0.39 is 0 Å². The first kappa shape index (κ1) is 9.25. The second-order valence-corrected chi connectivity index (χ2v) is 3.84. The predicted octanol–water partition coefficient (Wildman–Crippen LogP) is 2.55. The Morgan fingerprint density at radius 1 is 1.36 bits per heavy atom. The lowest BCUT2D eigenvalue weighted by Crippen LogP contribution is -2.08. The molecule has 0 unspecified atom stereocenters. The van der Waals surface area contributed by atoms with Crippen molar-refractivity contribution in [2.75, 3.05) is 0 Å². The van der Waals surface area contributed by atoms with Crippen LogP contribution in [0.4, 0.5) is 0 Å². The molecular weight excluding hydrogens is 174 g/mol. The van der Waals surface area contributed by atoms with Crippen LogP contribution in [0.1, 0.15) is 31.4 Å². The fourth-order valence-electron chi connectivity index (χ4n) is 1.86. The minimum absolute atomic E-state index is 0.331. The zero-order chi connectivity index (χ0) is 9.97. The van der Waals surface area contributed by atoms with Gasteiger partial charge in [-0.25, -0.2) is 0 Å². The highest BCUT2D eigenvalue weighted by molar-refractivity contribution is 5.99. The number of allylic oxidation sites excluding steroid dienone is 1. The molecule has 74 valence electrons. The van der Waals surface area contributed by atoms with Crippen LogP contribution in [0, 0.1) is 0 Å². The van der Waals surface area contributed by atoms with E-state index in [1.54, 1.807) is 0 Å². The Kier molecular flexibility index (Phi) is 2.53. The standard InChI is InChI=1S/C12H15NO/c1-13-8-4-6-11(13)9-10-5-2-3-7-12(10)14/h4,6,8-9H,2-3,5,7H2,1H3/b10-9+. The number of hydrogen-bond acceptors (Lipinski definition) is 1. The zero-order valence-corrected chi connectivity index (χ0v) is 8.49. The van der Waals surface area contributed by atoms with Gasteiger partial charge in [0.1, 0.15) is 0 Å². The van der Waals surface area contributed by atoms with Crippen LogP contribution in [0.5, 0.6) is 0 Å². The number of carbonyl (C=O) groups excluding carboxylic acids is 1. The van der Waals surface area contributed by atoms with Crippen LogP contribution in [0.25, 0.3) is 6.08 Å². The molecule has 1 heterocycles. The van der Waals surface area contributed by atoms with Crippen LogP contribution in [-0.4, -0.2) is 10.4 Å². The SMILES string of the molecule is Cn1cccc1/C=C1\CCCCC1=O. The molecule has 0 saturated heterocycles.